The average Bonchev–Trinajstić information content (AvgIpc) is 3.61. The first kappa shape index (κ1) is 21.8. The molecule has 0 unspecified atom stereocenters. The SMILES string of the molecule is CC(C)c1c(C(=O)Nc2cccc(O)c2)nn2c(-c3cn[nH]c3)cc(N3Cc4ccccc4C3)nc12. The molecule has 0 saturated carbocycles. The lowest BCUT2D eigenvalue weighted by Crippen LogP contribution is -2.17. The number of amides is 1. The van der Waals surface area contributed by atoms with Crippen LogP contribution in [0.1, 0.15) is 46.9 Å². The Kier molecular flexibility index (Phi) is 5.18. The second-order valence-corrected chi connectivity index (χ2v) is 9.27. The van der Waals surface area contributed by atoms with Crippen LogP contribution in [0.2, 0.25) is 0 Å². The Balaban J connectivity index is 1.49. The van der Waals surface area contributed by atoms with Crippen molar-refractivity contribution >= 4 is 23.1 Å². The smallest absolute Gasteiger partial charge is 0.276 e. The maximum absolute atomic E-state index is 13.4. The number of aromatic amines is 1. The number of aromatic nitrogens is 5. The highest BCUT2D eigenvalue weighted by Gasteiger charge is 2.27. The van der Waals surface area contributed by atoms with Gasteiger partial charge < -0.3 is 15.3 Å². The van der Waals surface area contributed by atoms with Crippen LogP contribution < -0.4 is 10.2 Å². The molecule has 5 aromatic rings. The molecule has 0 atom stereocenters. The molecule has 9 heteroatoms. The van der Waals surface area contributed by atoms with Gasteiger partial charge in [-0.3, -0.25) is 9.89 Å². The van der Waals surface area contributed by atoms with Crippen molar-refractivity contribution in [1.29, 1.82) is 0 Å². The molecule has 1 aliphatic rings. The molecule has 3 aromatic heterocycles. The largest absolute Gasteiger partial charge is 0.508 e. The number of hydrogen-bond donors (Lipinski definition) is 3. The third-order valence-corrected chi connectivity index (χ3v) is 6.47. The number of benzene rings is 2. The van der Waals surface area contributed by atoms with Gasteiger partial charge in [-0.05, 0) is 29.2 Å². The minimum absolute atomic E-state index is 0.0110. The molecule has 0 spiro atoms. The van der Waals surface area contributed by atoms with Crippen molar-refractivity contribution in [2.75, 3.05) is 10.2 Å². The number of rotatable bonds is 5. The van der Waals surface area contributed by atoms with E-state index in [9.17, 15) is 9.90 Å². The maximum Gasteiger partial charge on any atom is 0.276 e. The summed E-state index contributed by atoms with van der Waals surface area (Å²) >= 11 is 0. The average molecular weight is 480 g/mol. The van der Waals surface area contributed by atoms with Crippen molar-refractivity contribution in [3.05, 3.63) is 89.4 Å². The van der Waals surface area contributed by atoms with Crippen molar-refractivity contribution in [2.24, 2.45) is 0 Å². The molecule has 36 heavy (non-hydrogen) atoms. The number of anilines is 2. The molecule has 180 valence electrons. The van der Waals surface area contributed by atoms with Crippen molar-refractivity contribution in [1.82, 2.24) is 24.8 Å². The summed E-state index contributed by atoms with van der Waals surface area (Å²) in [5.74, 6) is 0.523. The molecular formula is C27H25N7O2. The quantitative estimate of drug-likeness (QED) is 0.336. The first-order chi connectivity index (χ1) is 17.5. The van der Waals surface area contributed by atoms with Gasteiger partial charge in [0.05, 0.1) is 11.9 Å². The summed E-state index contributed by atoms with van der Waals surface area (Å²) in [4.78, 5) is 20.6. The fourth-order valence-corrected chi connectivity index (χ4v) is 4.75. The summed E-state index contributed by atoms with van der Waals surface area (Å²) in [6.45, 7) is 5.58. The highest BCUT2D eigenvalue weighted by molar-refractivity contribution is 6.05. The first-order valence-electron chi connectivity index (χ1n) is 11.8. The fourth-order valence-electron chi connectivity index (χ4n) is 4.75. The molecule has 1 amide bonds. The van der Waals surface area contributed by atoms with Gasteiger partial charge in [-0.25, -0.2) is 9.50 Å². The second-order valence-electron chi connectivity index (χ2n) is 9.27. The molecule has 0 aliphatic carbocycles. The van der Waals surface area contributed by atoms with E-state index in [4.69, 9.17) is 10.1 Å². The Morgan fingerprint density at radius 2 is 1.86 bits per heavy atom. The van der Waals surface area contributed by atoms with E-state index in [-0.39, 0.29) is 17.6 Å². The zero-order chi connectivity index (χ0) is 24.8. The standard InChI is InChI=1S/C27H25N7O2/c1-16(2)24-25(27(36)30-20-8-5-9-21(35)10-20)32-34-22(19-12-28-29-13-19)11-23(31-26(24)34)33-14-17-6-3-4-7-18(17)15-33/h3-13,16,35H,14-15H2,1-2H3,(H,28,29)(H,30,36). The first-order valence-corrected chi connectivity index (χ1v) is 11.8. The molecule has 6 rings (SSSR count). The van der Waals surface area contributed by atoms with Crippen molar-refractivity contribution in [3.63, 3.8) is 0 Å². The number of aromatic hydroxyl groups is 1. The van der Waals surface area contributed by atoms with E-state index in [1.165, 1.54) is 17.2 Å². The topological polar surface area (TPSA) is 111 Å². The lowest BCUT2D eigenvalue weighted by Gasteiger charge is -2.18. The third-order valence-electron chi connectivity index (χ3n) is 6.47. The van der Waals surface area contributed by atoms with Crippen molar-refractivity contribution < 1.29 is 9.90 Å². The van der Waals surface area contributed by atoms with Crippen LogP contribution in [0.4, 0.5) is 11.5 Å². The zero-order valence-corrected chi connectivity index (χ0v) is 19.9. The fraction of sp³-hybridized carbons (Fsp3) is 0.185. The van der Waals surface area contributed by atoms with Gasteiger partial charge in [-0.1, -0.05) is 44.2 Å². The predicted octanol–water partition coefficient (Wildman–Crippen LogP) is 4.72. The molecule has 9 nitrogen and oxygen atoms in total. The Morgan fingerprint density at radius 1 is 1.08 bits per heavy atom. The van der Waals surface area contributed by atoms with Crippen LogP contribution >= 0.6 is 0 Å². The number of nitrogens with zero attached hydrogens (tertiary/aromatic N) is 5. The zero-order valence-electron chi connectivity index (χ0n) is 19.9. The highest BCUT2D eigenvalue weighted by Crippen LogP contribution is 2.34. The molecule has 2 aromatic carbocycles. The van der Waals surface area contributed by atoms with Crippen LogP contribution in [0.25, 0.3) is 16.9 Å². The number of H-pyrrole nitrogens is 1. The molecule has 3 N–H and O–H groups in total. The highest BCUT2D eigenvalue weighted by atomic mass is 16.3. The number of carbonyl (C=O) groups is 1. The number of carbonyl (C=O) groups excluding carboxylic acids is 1. The third kappa shape index (κ3) is 3.74. The van der Waals surface area contributed by atoms with Crippen molar-refractivity contribution in [2.45, 2.75) is 32.9 Å². The summed E-state index contributed by atoms with van der Waals surface area (Å²) < 4.78 is 1.73. The molecular weight excluding hydrogens is 454 g/mol. The van der Waals surface area contributed by atoms with E-state index < -0.39 is 0 Å². The summed E-state index contributed by atoms with van der Waals surface area (Å²) in [6.07, 6.45) is 3.54. The van der Waals surface area contributed by atoms with Gasteiger partial charge in [0, 0.05) is 48.2 Å². The molecule has 0 radical (unpaired) electrons. The van der Waals surface area contributed by atoms with Gasteiger partial charge in [0.2, 0.25) is 0 Å². The number of phenols is 1. The maximum atomic E-state index is 13.4. The van der Waals surface area contributed by atoms with Gasteiger partial charge in [-0.2, -0.15) is 10.2 Å². The summed E-state index contributed by atoms with van der Waals surface area (Å²) in [5, 5.41) is 24.4. The molecule has 0 fully saturated rings. The summed E-state index contributed by atoms with van der Waals surface area (Å²) in [5.41, 5.74) is 6.39. The van der Waals surface area contributed by atoms with Gasteiger partial charge in [0.25, 0.3) is 5.91 Å². The minimum atomic E-state index is -0.358. The summed E-state index contributed by atoms with van der Waals surface area (Å²) in [6, 6.07) is 16.9. The summed E-state index contributed by atoms with van der Waals surface area (Å²) in [7, 11) is 0. The van der Waals surface area contributed by atoms with Crippen LogP contribution in [-0.4, -0.2) is 35.8 Å². The van der Waals surface area contributed by atoms with E-state index in [1.807, 2.05) is 19.9 Å². The van der Waals surface area contributed by atoms with E-state index in [2.05, 4.69) is 44.7 Å². The number of nitrogens with one attached hydrogen (secondary N) is 2. The van der Waals surface area contributed by atoms with Crippen molar-refractivity contribution in [3.8, 4) is 17.0 Å². The Hall–Kier alpha value is -4.66. The number of phenolic OH excluding ortho intramolecular Hbond substituents is 1. The van der Waals surface area contributed by atoms with Crippen LogP contribution in [0, 0.1) is 0 Å². The van der Waals surface area contributed by atoms with Crippen LogP contribution in [-0.2, 0) is 13.1 Å². The predicted molar refractivity (Wildman–Crippen MR) is 137 cm³/mol. The van der Waals surface area contributed by atoms with Crippen LogP contribution in [0.3, 0.4) is 0 Å². The van der Waals surface area contributed by atoms with Crippen LogP contribution in [0.15, 0.2) is 67.0 Å². The molecule has 1 aliphatic heterocycles. The second kappa shape index (κ2) is 8.53. The Bertz CT molecular complexity index is 1560. The van der Waals surface area contributed by atoms with Gasteiger partial charge in [-0.15, -0.1) is 0 Å². The lowest BCUT2D eigenvalue weighted by molar-refractivity contribution is 0.102. The van der Waals surface area contributed by atoms with Gasteiger partial charge in [0.15, 0.2) is 11.3 Å². The van der Waals surface area contributed by atoms with E-state index >= 15 is 0 Å². The Morgan fingerprint density at radius 3 is 2.53 bits per heavy atom. The number of hydrogen-bond acceptors (Lipinski definition) is 6. The van der Waals surface area contributed by atoms with Gasteiger partial charge in [0.1, 0.15) is 11.6 Å². The molecule has 4 heterocycles. The van der Waals surface area contributed by atoms with Gasteiger partial charge >= 0.3 is 0 Å². The molecule has 0 bridgehead atoms. The molecule has 0 saturated heterocycles. The van der Waals surface area contributed by atoms with Crippen LogP contribution in [0.5, 0.6) is 5.75 Å². The minimum Gasteiger partial charge on any atom is -0.508 e. The lowest BCUT2D eigenvalue weighted by atomic mass is 10.0. The van der Waals surface area contributed by atoms with E-state index in [0.717, 1.165) is 35.7 Å². The normalized spacial score (nSPS) is 12.9. The Labute approximate surface area is 207 Å². The van der Waals surface area contributed by atoms with E-state index in [1.54, 1.807) is 35.1 Å². The number of fused-ring (bicyclic) bond motifs is 2. The van der Waals surface area contributed by atoms with E-state index in [0.29, 0.717) is 17.0 Å². The monoisotopic (exact) mass is 479 g/mol.